The molecule has 0 spiro atoms. The summed E-state index contributed by atoms with van der Waals surface area (Å²) in [5.41, 5.74) is 1.36. The molecule has 1 fully saturated rings. The molecule has 1 heterocycles. The zero-order chi connectivity index (χ0) is 22.7. The van der Waals surface area contributed by atoms with Gasteiger partial charge in [-0.2, -0.15) is 0 Å². The molecule has 0 atom stereocenters. The third kappa shape index (κ3) is 4.75. The molecule has 0 radical (unpaired) electrons. The monoisotopic (exact) mass is 506 g/mol. The molecule has 0 aliphatic carbocycles. The Labute approximate surface area is 193 Å². The number of aryl methyl sites for hydroxylation is 1. The van der Waals surface area contributed by atoms with Crippen molar-refractivity contribution >= 4 is 57.1 Å². The number of carbonyl (C=O) groups excluding carboxylic acids is 3. The van der Waals surface area contributed by atoms with E-state index in [1.54, 1.807) is 31.2 Å². The first kappa shape index (κ1) is 22.8. The molecule has 4 amide bonds. The quantitative estimate of drug-likeness (QED) is 0.445. The first-order chi connectivity index (χ1) is 14.8. The van der Waals surface area contributed by atoms with Gasteiger partial charge in [-0.25, -0.2) is 9.69 Å². The number of urea groups is 1. The predicted octanol–water partition coefficient (Wildman–Crippen LogP) is 4.87. The first-order valence-electron chi connectivity index (χ1n) is 9.44. The number of amides is 4. The lowest BCUT2D eigenvalue weighted by atomic mass is 10.1. The number of barbiturate groups is 1. The van der Waals surface area contributed by atoms with Crippen LogP contribution in [-0.4, -0.2) is 31.6 Å². The van der Waals surface area contributed by atoms with Crippen molar-refractivity contribution in [2.75, 3.05) is 18.6 Å². The van der Waals surface area contributed by atoms with Crippen molar-refractivity contribution in [3.63, 3.8) is 0 Å². The number of nitrogens with one attached hydrogen (secondary N) is 1. The summed E-state index contributed by atoms with van der Waals surface area (Å²) in [5.74, 6) is -0.568. The highest BCUT2D eigenvalue weighted by atomic mass is 79.9. The summed E-state index contributed by atoms with van der Waals surface area (Å²) >= 11 is 9.58. The molecule has 1 saturated heterocycles. The smallest absolute Gasteiger partial charge is 0.335 e. The molecule has 1 N–H and O–H groups in total. The van der Waals surface area contributed by atoms with Crippen LogP contribution in [0.1, 0.15) is 24.5 Å². The highest BCUT2D eigenvalue weighted by Crippen LogP contribution is 2.35. The summed E-state index contributed by atoms with van der Waals surface area (Å²) in [6, 6.07) is 7.29. The number of rotatable bonds is 6. The van der Waals surface area contributed by atoms with Crippen molar-refractivity contribution in [2.45, 2.75) is 20.3 Å². The van der Waals surface area contributed by atoms with Crippen molar-refractivity contribution in [1.82, 2.24) is 5.32 Å². The fourth-order valence-corrected chi connectivity index (χ4v) is 3.53. The number of benzene rings is 2. The van der Waals surface area contributed by atoms with E-state index >= 15 is 0 Å². The van der Waals surface area contributed by atoms with Crippen LogP contribution in [0.15, 0.2) is 40.4 Å². The van der Waals surface area contributed by atoms with Crippen molar-refractivity contribution < 1.29 is 23.9 Å². The van der Waals surface area contributed by atoms with Crippen LogP contribution < -0.4 is 19.7 Å². The number of hydrogen-bond donors (Lipinski definition) is 1. The van der Waals surface area contributed by atoms with E-state index in [-0.39, 0.29) is 11.3 Å². The van der Waals surface area contributed by atoms with Crippen LogP contribution in [-0.2, 0) is 9.59 Å². The molecule has 9 heteroatoms. The summed E-state index contributed by atoms with van der Waals surface area (Å²) < 4.78 is 11.6. The molecule has 0 bridgehead atoms. The molecule has 1 aliphatic rings. The van der Waals surface area contributed by atoms with Gasteiger partial charge in [0.15, 0.2) is 11.5 Å². The topological polar surface area (TPSA) is 84.9 Å². The van der Waals surface area contributed by atoms with Crippen molar-refractivity contribution in [2.24, 2.45) is 0 Å². The Morgan fingerprint density at radius 1 is 1.16 bits per heavy atom. The Morgan fingerprint density at radius 3 is 2.55 bits per heavy atom. The molecule has 2 aromatic carbocycles. The summed E-state index contributed by atoms with van der Waals surface area (Å²) in [6.07, 6.45) is 2.22. The number of carbonyl (C=O) groups is 3. The number of imide groups is 2. The number of halogens is 2. The van der Waals surface area contributed by atoms with Gasteiger partial charge >= 0.3 is 6.03 Å². The Morgan fingerprint density at radius 2 is 1.90 bits per heavy atom. The Balaban J connectivity index is 2.02. The molecular weight excluding hydrogens is 488 g/mol. The molecule has 3 rings (SSSR count). The minimum Gasteiger partial charge on any atom is -0.493 e. The van der Waals surface area contributed by atoms with Gasteiger partial charge in [-0.15, -0.1) is 0 Å². The molecule has 1 aliphatic heterocycles. The summed E-state index contributed by atoms with van der Waals surface area (Å²) in [6.45, 7) is 4.31. The van der Waals surface area contributed by atoms with E-state index in [0.717, 1.165) is 16.9 Å². The molecule has 31 heavy (non-hydrogen) atoms. The van der Waals surface area contributed by atoms with Crippen LogP contribution >= 0.6 is 27.5 Å². The largest absolute Gasteiger partial charge is 0.493 e. The summed E-state index contributed by atoms with van der Waals surface area (Å²) in [7, 11) is 1.50. The lowest BCUT2D eigenvalue weighted by molar-refractivity contribution is -0.122. The third-order valence-electron chi connectivity index (χ3n) is 4.56. The van der Waals surface area contributed by atoms with Crippen LogP contribution in [0.25, 0.3) is 6.08 Å². The lowest BCUT2D eigenvalue weighted by Crippen LogP contribution is -2.54. The van der Waals surface area contributed by atoms with E-state index in [9.17, 15) is 14.4 Å². The SMILES string of the molecule is CCCOc1cc(Br)c(/C=C2\C(=O)NC(=O)N(c3ccc(C)c(Cl)c3)C2=O)cc1OC. The molecule has 0 aromatic heterocycles. The Bertz CT molecular complexity index is 1100. The van der Waals surface area contributed by atoms with Gasteiger partial charge in [0.2, 0.25) is 0 Å². The van der Waals surface area contributed by atoms with Crippen molar-refractivity contribution in [3.05, 3.63) is 56.5 Å². The number of anilines is 1. The average molecular weight is 508 g/mol. The maximum atomic E-state index is 13.1. The van der Waals surface area contributed by atoms with Gasteiger partial charge in [-0.3, -0.25) is 14.9 Å². The summed E-state index contributed by atoms with van der Waals surface area (Å²) in [4.78, 5) is 38.8. The normalized spacial score (nSPS) is 15.3. The number of nitrogens with zero attached hydrogens (tertiary/aromatic N) is 1. The van der Waals surface area contributed by atoms with Gasteiger partial charge in [0.25, 0.3) is 11.8 Å². The van der Waals surface area contributed by atoms with Gasteiger partial charge in [0.1, 0.15) is 5.57 Å². The standard InChI is InChI=1S/C22H20BrClN2O5/c1-4-7-31-19-11-16(23)13(9-18(19)30-3)8-15-20(27)25-22(29)26(21(15)28)14-6-5-12(2)17(24)10-14/h5-6,8-11H,4,7H2,1-3H3,(H,25,27,29)/b15-8+. The van der Waals surface area contributed by atoms with Crippen LogP contribution in [0.4, 0.5) is 10.5 Å². The van der Waals surface area contributed by atoms with Gasteiger partial charge in [0.05, 0.1) is 19.4 Å². The molecule has 162 valence electrons. The fourth-order valence-electron chi connectivity index (χ4n) is 2.91. The van der Waals surface area contributed by atoms with Gasteiger partial charge in [0, 0.05) is 9.50 Å². The molecule has 0 unspecified atom stereocenters. The maximum Gasteiger partial charge on any atom is 0.335 e. The highest BCUT2D eigenvalue weighted by molar-refractivity contribution is 9.10. The summed E-state index contributed by atoms with van der Waals surface area (Å²) in [5, 5.41) is 2.59. The molecule has 2 aromatic rings. The van der Waals surface area contributed by atoms with Gasteiger partial charge in [-0.1, -0.05) is 40.5 Å². The van der Waals surface area contributed by atoms with Crippen LogP contribution in [0, 0.1) is 6.92 Å². The van der Waals surface area contributed by atoms with E-state index in [1.807, 2.05) is 6.92 Å². The number of hydrogen-bond acceptors (Lipinski definition) is 5. The molecule has 7 nitrogen and oxygen atoms in total. The zero-order valence-corrected chi connectivity index (χ0v) is 19.5. The average Bonchev–Trinajstić information content (AvgIpc) is 2.73. The van der Waals surface area contributed by atoms with E-state index in [1.165, 1.54) is 19.3 Å². The van der Waals surface area contributed by atoms with Crippen molar-refractivity contribution in [3.8, 4) is 11.5 Å². The van der Waals surface area contributed by atoms with Gasteiger partial charge in [-0.05, 0) is 54.8 Å². The molecular formula is C22H20BrClN2O5. The molecule has 0 saturated carbocycles. The Kier molecular flexibility index (Phi) is 7.02. The minimum absolute atomic E-state index is 0.207. The highest BCUT2D eigenvalue weighted by Gasteiger charge is 2.37. The predicted molar refractivity (Wildman–Crippen MR) is 122 cm³/mol. The van der Waals surface area contributed by atoms with E-state index in [2.05, 4.69) is 21.2 Å². The fraction of sp³-hybridized carbons (Fsp3) is 0.227. The maximum absolute atomic E-state index is 13.1. The second kappa shape index (κ2) is 9.53. The second-order valence-corrected chi connectivity index (χ2v) is 8.03. The van der Waals surface area contributed by atoms with Crippen LogP contribution in [0.3, 0.4) is 0 Å². The Hall–Kier alpha value is -2.84. The van der Waals surface area contributed by atoms with Crippen LogP contribution in [0.5, 0.6) is 11.5 Å². The number of ether oxygens (including phenoxy) is 2. The van der Waals surface area contributed by atoms with Crippen molar-refractivity contribution in [1.29, 1.82) is 0 Å². The third-order valence-corrected chi connectivity index (χ3v) is 5.65. The first-order valence-corrected chi connectivity index (χ1v) is 10.6. The van der Waals surface area contributed by atoms with E-state index in [0.29, 0.717) is 33.2 Å². The van der Waals surface area contributed by atoms with E-state index < -0.39 is 17.8 Å². The van der Waals surface area contributed by atoms with Crippen LogP contribution in [0.2, 0.25) is 5.02 Å². The lowest BCUT2D eigenvalue weighted by Gasteiger charge is -2.26. The number of methoxy groups -OCH3 is 1. The minimum atomic E-state index is -0.841. The van der Waals surface area contributed by atoms with Gasteiger partial charge < -0.3 is 9.47 Å². The van der Waals surface area contributed by atoms with E-state index in [4.69, 9.17) is 21.1 Å². The second-order valence-electron chi connectivity index (χ2n) is 6.76. The zero-order valence-electron chi connectivity index (χ0n) is 17.1.